The fourth-order valence-corrected chi connectivity index (χ4v) is 2.28. The van der Waals surface area contributed by atoms with Gasteiger partial charge in [-0.05, 0) is 12.1 Å². The molecule has 0 saturated carbocycles. The molecular formula is C11H8ClN3OS. The molecule has 0 saturated heterocycles. The van der Waals surface area contributed by atoms with Crippen molar-refractivity contribution in [3.05, 3.63) is 39.3 Å². The molecule has 0 aliphatic carbocycles. The molecule has 0 fully saturated rings. The fraction of sp³-hybridized carbons (Fsp3) is 0.0909. The van der Waals surface area contributed by atoms with Gasteiger partial charge in [0.2, 0.25) is 0 Å². The van der Waals surface area contributed by atoms with Crippen LogP contribution in [-0.2, 0) is 6.54 Å². The Morgan fingerprint density at radius 2 is 2.35 bits per heavy atom. The molecule has 1 heterocycles. The van der Waals surface area contributed by atoms with Gasteiger partial charge in [-0.1, -0.05) is 17.7 Å². The van der Waals surface area contributed by atoms with Crippen LogP contribution in [-0.4, -0.2) is 10.1 Å². The number of hydrogen-bond acceptors (Lipinski definition) is 5. The standard InChI is InChI=1S/C11H8ClN3OS/c12-11-15-6-8(17-11)5-14-10-7(4-13)2-1-3-9(10)16/h1-3,6,14,16H,5H2. The Morgan fingerprint density at radius 3 is 3.00 bits per heavy atom. The van der Waals surface area contributed by atoms with Crippen LogP contribution in [0.2, 0.25) is 4.47 Å². The van der Waals surface area contributed by atoms with E-state index >= 15 is 0 Å². The van der Waals surface area contributed by atoms with Gasteiger partial charge in [-0.3, -0.25) is 0 Å². The highest BCUT2D eigenvalue weighted by molar-refractivity contribution is 7.15. The van der Waals surface area contributed by atoms with Gasteiger partial charge in [0.05, 0.1) is 17.8 Å². The Morgan fingerprint density at radius 1 is 1.53 bits per heavy atom. The van der Waals surface area contributed by atoms with E-state index in [1.54, 1.807) is 18.3 Å². The van der Waals surface area contributed by atoms with E-state index in [2.05, 4.69) is 10.3 Å². The summed E-state index contributed by atoms with van der Waals surface area (Å²) in [6, 6.07) is 6.82. The number of thiazole rings is 1. The molecule has 86 valence electrons. The minimum absolute atomic E-state index is 0.0552. The average Bonchev–Trinajstić information content (AvgIpc) is 2.73. The second-order valence-corrected chi connectivity index (χ2v) is 4.94. The van der Waals surface area contributed by atoms with Gasteiger partial charge < -0.3 is 10.4 Å². The Kier molecular flexibility index (Phi) is 3.47. The van der Waals surface area contributed by atoms with Crippen molar-refractivity contribution >= 4 is 28.6 Å². The number of phenols is 1. The molecule has 6 heteroatoms. The van der Waals surface area contributed by atoms with Gasteiger partial charge in [-0.25, -0.2) is 4.98 Å². The molecule has 0 amide bonds. The second-order valence-electron chi connectivity index (χ2n) is 3.24. The van der Waals surface area contributed by atoms with E-state index in [0.717, 1.165) is 4.88 Å². The highest BCUT2D eigenvalue weighted by Gasteiger charge is 2.07. The molecule has 2 aromatic rings. The van der Waals surface area contributed by atoms with Crippen molar-refractivity contribution in [1.29, 1.82) is 5.26 Å². The van der Waals surface area contributed by atoms with Crippen LogP contribution in [0.4, 0.5) is 5.69 Å². The molecule has 0 aliphatic heterocycles. The van der Waals surface area contributed by atoms with E-state index in [9.17, 15) is 5.11 Å². The highest BCUT2D eigenvalue weighted by Crippen LogP contribution is 2.28. The third kappa shape index (κ3) is 2.67. The van der Waals surface area contributed by atoms with Crippen molar-refractivity contribution in [3.63, 3.8) is 0 Å². The van der Waals surface area contributed by atoms with Crippen LogP contribution in [0.5, 0.6) is 5.75 Å². The number of phenolic OH excluding ortho intramolecular Hbond substituents is 1. The Balaban J connectivity index is 2.17. The van der Waals surface area contributed by atoms with Gasteiger partial charge in [0.1, 0.15) is 11.8 Å². The summed E-state index contributed by atoms with van der Waals surface area (Å²) in [5.74, 6) is 0.0552. The van der Waals surface area contributed by atoms with Crippen LogP contribution in [0.1, 0.15) is 10.4 Å². The molecule has 0 radical (unpaired) electrons. The molecule has 1 aromatic heterocycles. The second kappa shape index (κ2) is 5.04. The van der Waals surface area contributed by atoms with Gasteiger partial charge in [0.25, 0.3) is 0 Å². The maximum Gasteiger partial charge on any atom is 0.183 e. The third-order valence-corrected chi connectivity index (χ3v) is 3.24. The van der Waals surface area contributed by atoms with E-state index in [0.29, 0.717) is 22.3 Å². The Hall–Kier alpha value is -1.77. The molecule has 0 atom stereocenters. The number of anilines is 1. The monoisotopic (exact) mass is 265 g/mol. The minimum Gasteiger partial charge on any atom is -0.506 e. The lowest BCUT2D eigenvalue weighted by atomic mass is 10.2. The number of rotatable bonds is 3. The van der Waals surface area contributed by atoms with Crippen LogP contribution in [0.3, 0.4) is 0 Å². The number of para-hydroxylation sites is 1. The van der Waals surface area contributed by atoms with Crippen LogP contribution in [0.15, 0.2) is 24.4 Å². The van der Waals surface area contributed by atoms with Crippen molar-refractivity contribution in [2.75, 3.05) is 5.32 Å². The first-order chi connectivity index (χ1) is 8.20. The van der Waals surface area contributed by atoms with E-state index < -0.39 is 0 Å². The maximum atomic E-state index is 9.65. The summed E-state index contributed by atoms with van der Waals surface area (Å²) in [5, 5.41) is 21.6. The topological polar surface area (TPSA) is 68.9 Å². The number of nitriles is 1. The number of nitrogens with zero attached hydrogens (tertiary/aromatic N) is 2. The first-order valence-electron chi connectivity index (χ1n) is 4.77. The first-order valence-corrected chi connectivity index (χ1v) is 5.96. The Bertz CT molecular complexity index is 576. The SMILES string of the molecule is N#Cc1cccc(O)c1NCc1cnc(Cl)s1. The molecule has 17 heavy (non-hydrogen) atoms. The van der Waals surface area contributed by atoms with Crippen molar-refractivity contribution in [2.24, 2.45) is 0 Å². The molecule has 2 N–H and O–H groups in total. The number of aromatic hydroxyl groups is 1. The number of benzene rings is 1. The molecule has 0 bridgehead atoms. The van der Waals surface area contributed by atoms with Gasteiger partial charge in [0.15, 0.2) is 4.47 Å². The lowest BCUT2D eigenvalue weighted by Crippen LogP contribution is -2.00. The molecule has 2 rings (SSSR count). The molecule has 4 nitrogen and oxygen atoms in total. The minimum atomic E-state index is 0.0552. The van der Waals surface area contributed by atoms with Crippen molar-refractivity contribution < 1.29 is 5.11 Å². The summed E-state index contributed by atoms with van der Waals surface area (Å²) < 4.78 is 0.472. The lowest BCUT2D eigenvalue weighted by molar-refractivity contribution is 0.477. The summed E-state index contributed by atoms with van der Waals surface area (Å²) in [5.41, 5.74) is 0.833. The first kappa shape index (κ1) is 11.7. The van der Waals surface area contributed by atoms with E-state index in [1.807, 2.05) is 6.07 Å². The summed E-state index contributed by atoms with van der Waals surface area (Å²) in [4.78, 5) is 4.84. The quantitative estimate of drug-likeness (QED) is 0.837. The van der Waals surface area contributed by atoms with Crippen LogP contribution < -0.4 is 5.32 Å². The Labute approximate surface area is 107 Å². The number of aromatic nitrogens is 1. The predicted octanol–water partition coefficient (Wildman–Crippen LogP) is 2.99. The lowest BCUT2D eigenvalue weighted by Gasteiger charge is -2.08. The van der Waals surface area contributed by atoms with Gasteiger partial charge >= 0.3 is 0 Å². The molecule has 0 spiro atoms. The fourth-order valence-electron chi connectivity index (χ4n) is 1.36. The van der Waals surface area contributed by atoms with E-state index in [-0.39, 0.29) is 5.75 Å². The van der Waals surface area contributed by atoms with Crippen LogP contribution in [0.25, 0.3) is 0 Å². The van der Waals surface area contributed by atoms with E-state index in [4.69, 9.17) is 16.9 Å². The summed E-state index contributed by atoms with van der Waals surface area (Å²) in [6.45, 7) is 0.469. The smallest absolute Gasteiger partial charge is 0.183 e. The number of nitrogens with one attached hydrogen (secondary N) is 1. The largest absolute Gasteiger partial charge is 0.506 e. The van der Waals surface area contributed by atoms with E-state index in [1.165, 1.54) is 17.4 Å². The average molecular weight is 266 g/mol. The van der Waals surface area contributed by atoms with Gasteiger partial charge in [-0.2, -0.15) is 5.26 Å². The van der Waals surface area contributed by atoms with Crippen LogP contribution in [0, 0.1) is 11.3 Å². The number of hydrogen-bond donors (Lipinski definition) is 2. The van der Waals surface area contributed by atoms with Crippen molar-refractivity contribution in [2.45, 2.75) is 6.54 Å². The zero-order valence-corrected chi connectivity index (χ0v) is 10.2. The molecule has 1 aromatic carbocycles. The van der Waals surface area contributed by atoms with Crippen molar-refractivity contribution in [3.8, 4) is 11.8 Å². The predicted molar refractivity (Wildman–Crippen MR) is 67.3 cm³/mol. The van der Waals surface area contributed by atoms with Gasteiger partial charge in [-0.15, -0.1) is 11.3 Å². The van der Waals surface area contributed by atoms with Gasteiger partial charge in [0, 0.05) is 11.1 Å². The normalized spacial score (nSPS) is 9.88. The molecule has 0 unspecified atom stereocenters. The molecule has 0 aliphatic rings. The summed E-state index contributed by atoms with van der Waals surface area (Å²) >= 11 is 7.06. The number of halogens is 1. The third-order valence-electron chi connectivity index (χ3n) is 2.13. The van der Waals surface area contributed by atoms with Crippen molar-refractivity contribution in [1.82, 2.24) is 4.98 Å². The summed E-state index contributed by atoms with van der Waals surface area (Å²) in [7, 11) is 0. The van der Waals surface area contributed by atoms with Crippen LogP contribution >= 0.6 is 22.9 Å². The maximum absolute atomic E-state index is 9.65. The highest BCUT2D eigenvalue weighted by atomic mass is 35.5. The zero-order chi connectivity index (χ0) is 12.3. The summed E-state index contributed by atoms with van der Waals surface area (Å²) in [6.07, 6.45) is 1.66. The zero-order valence-electron chi connectivity index (χ0n) is 8.64. The molecular weight excluding hydrogens is 258 g/mol.